The molecule has 0 fully saturated rings. The van der Waals surface area contributed by atoms with Crippen LogP contribution in [-0.2, 0) is 16.1 Å². The van der Waals surface area contributed by atoms with Crippen LogP contribution in [0.25, 0.3) is 0 Å². The molecule has 0 amide bonds. The number of rotatable bonds is 9. The van der Waals surface area contributed by atoms with Crippen molar-refractivity contribution in [2.45, 2.75) is 47.1 Å². The van der Waals surface area contributed by atoms with Crippen LogP contribution < -0.4 is 9.47 Å². The maximum atomic E-state index is 11.7. The Morgan fingerprint density at radius 1 is 1.00 bits per heavy atom. The van der Waals surface area contributed by atoms with Gasteiger partial charge in [-0.3, -0.25) is 4.79 Å². The fourth-order valence-electron chi connectivity index (χ4n) is 3.03. The second-order valence-electron chi connectivity index (χ2n) is 7.49. The van der Waals surface area contributed by atoms with Crippen LogP contribution in [0.15, 0.2) is 42.5 Å². The molecule has 0 bridgehead atoms. The number of carbonyl (C=O) groups is 1. The normalized spacial score (nSPS) is 11.1. The van der Waals surface area contributed by atoms with E-state index < -0.39 is 5.41 Å². The highest BCUT2D eigenvalue weighted by atomic mass is 16.5. The average Bonchev–Trinajstić information content (AvgIpc) is 2.64. The molecule has 0 heterocycles. The molecule has 0 aliphatic carbocycles. The standard InChI is InChI=1S/C23H30O4/c1-17-14-20(26-13-9-12-23(3,4)22(24)25-5)15-18(2)21(17)27-16-19-10-7-6-8-11-19/h6-8,10-11,14-15H,9,12-13,16H2,1-5H3. The quantitative estimate of drug-likeness (QED) is 0.447. The number of esters is 1. The van der Waals surface area contributed by atoms with E-state index in [1.54, 1.807) is 0 Å². The molecule has 2 rings (SSSR count). The van der Waals surface area contributed by atoms with Crippen molar-refractivity contribution in [3.8, 4) is 11.5 Å². The lowest BCUT2D eigenvalue weighted by molar-refractivity contribution is -0.151. The fourth-order valence-corrected chi connectivity index (χ4v) is 3.03. The molecule has 0 saturated carbocycles. The summed E-state index contributed by atoms with van der Waals surface area (Å²) in [6.07, 6.45) is 1.50. The molecule has 0 saturated heterocycles. The van der Waals surface area contributed by atoms with Gasteiger partial charge < -0.3 is 14.2 Å². The van der Waals surface area contributed by atoms with E-state index in [-0.39, 0.29) is 5.97 Å². The summed E-state index contributed by atoms with van der Waals surface area (Å²) in [5.74, 6) is 1.54. The molecule has 2 aromatic carbocycles. The Kier molecular flexibility index (Phi) is 7.28. The van der Waals surface area contributed by atoms with Gasteiger partial charge in [-0.15, -0.1) is 0 Å². The van der Waals surface area contributed by atoms with E-state index in [1.165, 1.54) is 7.11 Å². The molecule has 27 heavy (non-hydrogen) atoms. The summed E-state index contributed by atoms with van der Waals surface area (Å²) in [5.41, 5.74) is 2.76. The van der Waals surface area contributed by atoms with Crippen molar-refractivity contribution in [2.75, 3.05) is 13.7 Å². The highest BCUT2D eigenvalue weighted by molar-refractivity contribution is 5.75. The number of hydrogen-bond acceptors (Lipinski definition) is 4. The first-order chi connectivity index (χ1) is 12.8. The van der Waals surface area contributed by atoms with Gasteiger partial charge in [-0.05, 0) is 69.4 Å². The summed E-state index contributed by atoms with van der Waals surface area (Å²) in [6.45, 7) is 8.95. The van der Waals surface area contributed by atoms with Crippen molar-refractivity contribution in [1.82, 2.24) is 0 Å². The SMILES string of the molecule is COC(=O)C(C)(C)CCCOc1cc(C)c(OCc2ccccc2)c(C)c1. The third-order valence-electron chi connectivity index (χ3n) is 4.61. The van der Waals surface area contributed by atoms with Gasteiger partial charge in [0.2, 0.25) is 0 Å². The Balaban J connectivity index is 1.89. The van der Waals surface area contributed by atoms with Crippen LogP contribution in [0.5, 0.6) is 11.5 Å². The fraction of sp³-hybridized carbons (Fsp3) is 0.435. The Hall–Kier alpha value is -2.49. The second kappa shape index (κ2) is 9.45. The maximum Gasteiger partial charge on any atom is 0.311 e. The molecular formula is C23H30O4. The first-order valence-corrected chi connectivity index (χ1v) is 9.32. The first kappa shape index (κ1) is 20.8. The van der Waals surface area contributed by atoms with Gasteiger partial charge in [-0.2, -0.15) is 0 Å². The molecule has 0 spiro atoms. The van der Waals surface area contributed by atoms with E-state index in [0.29, 0.717) is 13.2 Å². The molecule has 0 unspecified atom stereocenters. The van der Waals surface area contributed by atoms with Crippen LogP contribution in [0.1, 0.15) is 43.4 Å². The lowest BCUT2D eigenvalue weighted by Crippen LogP contribution is -2.26. The van der Waals surface area contributed by atoms with Gasteiger partial charge in [0.25, 0.3) is 0 Å². The Bertz CT molecular complexity index is 727. The average molecular weight is 370 g/mol. The molecular weight excluding hydrogens is 340 g/mol. The van der Waals surface area contributed by atoms with Crippen molar-refractivity contribution < 1.29 is 19.0 Å². The molecule has 2 aromatic rings. The van der Waals surface area contributed by atoms with Crippen molar-refractivity contribution in [3.05, 3.63) is 59.2 Å². The molecule has 0 atom stereocenters. The smallest absolute Gasteiger partial charge is 0.311 e. The number of hydrogen-bond donors (Lipinski definition) is 0. The Morgan fingerprint density at radius 2 is 1.63 bits per heavy atom. The Morgan fingerprint density at radius 3 is 2.22 bits per heavy atom. The number of benzene rings is 2. The van der Waals surface area contributed by atoms with E-state index in [9.17, 15) is 4.79 Å². The minimum Gasteiger partial charge on any atom is -0.494 e. The van der Waals surface area contributed by atoms with Crippen LogP contribution in [0, 0.1) is 19.3 Å². The molecule has 146 valence electrons. The molecule has 0 aliphatic rings. The number of methoxy groups -OCH3 is 1. The zero-order valence-corrected chi connectivity index (χ0v) is 17.0. The van der Waals surface area contributed by atoms with Crippen molar-refractivity contribution in [3.63, 3.8) is 0 Å². The van der Waals surface area contributed by atoms with E-state index >= 15 is 0 Å². The van der Waals surface area contributed by atoms with Crippen LogP contribution in [0.3, 0.4) is 0 Å². The predicted molar refractivity (Wildman–Crippen MR) is 107 cm³/mol. The lowest BCUT2D eigenvalue weighted by atomic mass is 9.88. The molecule has 0 aliphatic heterocycles. The molecule has 4 heteroatoms. The monoisotopic (exact) mass is 370 g/mol. The third-order valence-corrected chi connectivity index (χ3v) is 4.61. The van der Waals surface area contributed by atoms with Crippen LogP contribution in [0.4, 0.5) is 0 Å². The van der Waals surface area contributed by atoms with Gasteiger partial charge >= 0.3 is 5.97 Å². The van der Waals surface area contributed by atoms with Crippen molar-refractivity contribution >= 4 is 5.97 Å². The van der Waals surface area contributed by atoms with Gasteiger partial charge in [0.05, 0.1) is 19.1 Å². The maximum absolute atomic E-state index is 11.7. The zero-order valence-electron chi connectivity index (χ0n) is 17.0. The molecule has 4 nitrogen and oxygen atoms in total. The highest BCUT2D eigenvalue weighted by Gasteiger charge is 2.27. The summed E-state index contributed by atoms with van der Waals surface area (Å²) in [5, 5.41) is 0. The molecule has 0 radical (unpaired) electrons. The first-order valence-electron chi connectivity index (χ1n) is 9.32. The van der Waals surface area contributed by atoms with Crippen LogP contribution in [0.2, 0.25) is 0 Å². The van der Waals surface area contributed by atoms with Gasteiger partial charge in [-0.25, -0.2) is 0 Å². The van der Waals surface area contributed by atoms with Crippen molar-refractivity contribution in [2.24, 2.45) is 5.41 Å². The van der Waals surface area contributed by atoms with Gasteiger partial charge in [0.15, 0.2) is 0 Å². The molecule has 0 N–H and O–H groups in total. The van der Waals surface area contributed by atoms with Crippen LogP contribution in [-0.4, -0.2) is 19.7 Å². The summed E-state index contributed by atoms with van der Waals surface area (Å²) in [4.78, 5) is 11.7. The summed E-state index contributed by atoms with van der Waals surface area (Å²) in [6, 6.07) is 14.1. The van der Waals surface area contributed by atoms with Crippen LogP contribution >= 0.6 is 0 Å². The van der Waals surface area contributed by atoms with E-state index in [2.05, 4.69) is 12.1 Å². The summed E-state index contributed by atoms with van der Waals surface area (Å²) in [7, 11) is 1.42. The second-order valence-corrected chi connectivity index (χ2v) is 7.49. The van der Waals surface area contributed by atoms with Gasteiger partial charge in [0.1, 0.15) is 18.1 Å². The van der Waals surface area contributed by atoms with E-state index in [4.69, 9.17) is 14.2 Å². The minimum atomic E-state index is -0.487. The largest absolute Gasteiger partial charge is 0.494 e. The van der Waals surface area contributed by atoms with Gasteiger partial charge in [0, 0.05) is 0 Å². The molecule has 0 aromatic heterocycles. The lowest BCUT2D eigenvalue weighted by Gasteiger charge is -2.21. The topological polar surface area (TPSA) is 44.8 Å². The number of aryl methyl sites for hydroxylation is 2. The summed E-state index contributed by atoms with van der Waals surface area (Å²) < 4.78 is 16.7. The summed E-state index contributed by atoms with van der Waals surface area (Å²) >= 11 is 0. The number of ether oxygens (including phenoxy) is 3. The zero-order chi connectivity index (χ0) is 19.9. The van der Waals surface area contributed by atoms with E-state index in [0.717, 1.165) is 41.0 Å². The predicted octanol–water partition coefficient (Wildman–Crippen LogP) is 5.24. The highest BCUT2D eigenvalue weighted by Crippen LogP contribution is 2.30. The number of carbonyl (C=O) groups excluding carboxylic acids is 1. The van der Waals surface area contributed by atoms with Gasteiger partial charge in [-0.1, -0.05) is 30.3 Å². The van der Waals surface area contributed by atoms with E-state index in [1.807, 2.05) is 58.0 Å². The Labute approximate surface area is 162 Å². The third kappa shape index (κ3) is 6.02. The van der Waals surface area contributed by atoms with Crippen molar-refractivity contribution in [1.29, 1.82) is 0 Å². The minimum absolute atomic E-state index is 0.186.